The molecule has 0 aromatic heterocycles. The number of hydrogen-bond acceptors (Lipinski definition) is 2. The number of benzene rings is 1. The van der Waals surface area contributed by atoms with Crippen molar-refractivity contribution in [1.82, 2.24) is 4.31 Å². The number of fused-ring (bicyclic) bond motifs is 1. The fraction of sp³-hybridized carbons (Fsp3) is 0.500. The average Bonchev–Trinajstić information content (AvgIpc) is 2.52. The molecule has 0 atom stereocenters. The van der Waals surface area contributed by atoms with E-state index >= 15 is 0 Å². The molecular formula is C12H18N2O2S. The number of rotatable bonds is 2. The van der Waals surface area contributed by atoms with Gasteiger partial charge in [0.2, 0.25) is 0 Å². The van der Waals surface area contributed by atoms with Gasteiger partial charge in [-0.1, -0.05) is 32.0 Å². The molecule has 5 heteroatoms. The van der Waals surface area contributed by atoms with Crippen LogP contribution >= 0.6 is 0 Å². The number of anilines is 1. The summed E-state index contributed by atoms with van der Waals surface area (Å²) in [6, 6.07) is 7.69. The molecule has 4 nitrogen and oxygen atoms in total. The molecule has 0 radical (unpaired) electrons. The molecule has 1 aliphatic rings. The summed E-state index contributed by atoms with van der Waals surface area (Å²) in [6.45, 7) is 4.63. The Kier molecular flexibility index (Phi) is 2.71. The Balaban J connectivity index is 2.57. The van der Waals surface area contributed by atoms with Gasteiger partial charge in [-0.3, -0.25) is 4.31 Å². The molecule has 1 aliphatic heterocycles. The molecule has 0 fully saturated rings. The van der Waals surface area contributed by atoms with Crippen molar-refractivity contribution in [1.29, 1.82) is 0 Å². The first kappa shape index (κ1) is 12.4. The highest BCUT2D eigenvalue weighted by Gasteiger charge is 2.40. The molecule has 0 aliphatic carbocycles. The normalized spacial score (nSPS) is 18.5. The molecular weight excluding hydrogens is 236 g/mol. The van der Waals surface area contributed by atoms with Gasteiger partial charge in [0.1, 0.15) is 0 Å². The summed E-state index contributed by atoms with van der Waals surface area (Å²) in [5, 5.41) is 0. The highest BCUT2D eigenvalue weighted by Crippen LogP contribution is 2.41. The highest BCUT2D eigenvalue weighted by atomic mass is 32.2. The van der Waals surface area contributed by atoms with E-state index in [1.807, 2.05) is 24.3 Å². The zero-order chi connectivity index (χ0) is 12.8. The fourth-order valence-corrected chi connectivity index (χ4v) is 3.48. The maximum absolute atomic E-state index is 12.2. The van der Waals surface area contributed by atoms with Gasteiger partial charge < -0.3 is 0 Å². The van der Waals surface area contributed by atoms with Gasteiger partial charge in [-0.15, -0.1) is 0 Å². The van der Waals surface area contributed by atoms with E-state index in [-0.39, 0.29) is 5.41 Å². The van der Waals surface area contributed by atoms with Crippen LogP contribution in [0.2, 0.25) is 0 Å². The lowest BCUT2D eigenvalue weighted by molar-refractivity contribution is 0.504. The van der Waals surface area contributed by atoms with Gasteiger partial charge in [0, 0.05) is 26.1 Å². The Labute approximate surface area is 103 Å². The fourth-order valence-electron chi connectivity index (χ4n) is 2.20. The van der Waals surface area contributed by atoms with E-state index in [2.05, 4.69) is 13.8 Å². The van der Waals surface area contributed by atoms with Crippen molar-refractivity contribution in [2.75, 3.05) is 24.9 Å². The van der Waals surface area contributed by atoms with Gasteiger partial charge in [-0.05, 0) is 11.6 Å². The van der Waals surface area contributed by atoms with E-state index in [1.54, 1.807) is 14.1 Å². The lowest BCUT2D eigenvalue weighted by Gasteiger charge is -2.25. The smallest absolute Gasteiger partial charge is 0.256 e. The molecule has 17 heavy (non-hydrogen) atoms. The SMILES string of the molecule is CN(C)S(=O)(=O)N1CC(C)(C)c2ccccc21. The number of para-hydroxylation sites is 1. The second kappa shape index (κ2) is 3.71. The van der Waals surface area contributed by atoms with Crippen LogP contribution in [-0.4, -0.2) is 33.4 Å². The van der Waals surface area contributed by atoms with E-state index in [9.17, 15) is 8.42 Å². The molecule has 1 heterocycles. The third-order valence-corrected chi connectivity index (χ3v) is 4.99. The number of hydrogen-bond donors (Lipinski definition) is 0. The van der Waals surface area contributed by atoms with Gasteiger partial charge in [0.05, 0.1) is 5.69 Å². The Morgan fingerprint density at radius 3 is 2.41 bits per heavy atom. The van der Waals surface area contributed by atoms with Crippen molar-refractivity contribution in [2.45, 2.75) is 19.3 Å². The first-order valence-corrected chi connectivity index (χ1v) is 6.96. The third-order valence-electron chi connectivity index (χ3n) is 3.18. The minimum atomic E-state index is -3.39. The molecule has 1 aromatic carbocycles. The quantitative estimate of drug-likeness (QED) is 0.804. The summed E-state index contributed by atoms with van der Waals surface area (Å²) in [5.41, 5.74) is 1.75. The van der Waals surface area contributed by atoms with Crippen LogP contribution in [0.5, 0.6) is 0 Å². The Morgan fingerprint density at radius 1 is 1.24 bits per heavy atom. The van der Waals surface area contributed by atoms with Crippen LogP contribution in [0, 0.1) is 0 Å². The van der Waals surface area contributed by atoms with E-state index in [0.29, 0.717) is 6.54 Å². The summed E-state index contributed by atoms with van der Waals surface area (Å²) in [4.78, 5) is 0. The first-order chi connectivity index (χ1) is 7.77. The molecule has 0 amide bonds. The van der Waals surface area contributed by atoms with Crippen LogP contribution in [0.25, 0.3) is 0 Å². The van der Waals surface area contributed by atoms with Crippen molar-refractivity contribution >= 4 is 15.9 Å². The van der Waals surface area contributed by atoms with Crippen LogP contribution in [0.4, 0.5) is 5.69 Å². The van der Waals surface area contributed by atoms with Crippen molar-refractivity contribution in [3.63, 3.8) is 0 Å². The van der Waals surface area contributed by atoms with Gasteiger partial charge >= 0.3 is 10.2 Å². The van der Waals surface area contributed by atoms with Crippen molar-refractivity contribution < 1.29 is 8.42 Å². The lowest BCUT2D eigenvalue weighted by Crippen LogP contribution is -2.41. The average molecular weight is 254 g/mol. The van der Waals surface area contributed by atoms with Crippen molar-refractivity contribution in [2.24, 2.45) is 0 Å². The molecule has 2 rings (SSSR count). The molecule has 0 spiro atoms. The molecule has 0 bridgehead atoms. The summed E-state index contributed by atoms with van der Waals surface area (Å²) < 4.78 is 27.2. The van der Waals surface area contributed by atoms with Gasteiger partial charge in [0.15, 0.2) is 0 Å². The van der Waals surface area contributed by atoms with Crippen LogP contribution in [0.1, 0.15) is 19.4 Å². The van der Waals surface area contributed by atoms with E-state index in [1.165, 1.54) is 8.61 Å². The van der Waals surface area contributed by atoms with Crippen molar-refractivity contribution in [3.05, 3.63) is 29.8 Å². The standard InChI is InChI=1S/C12H18N2O2S/c1-12(2)9-14(17(15,16)13(3)4)11-8-6-5-7-10(11)12/h5-8H,9H2,1-4H3. The van der Waals surface area contributed by atoms with E-state index < -0.39 is 10.2 Å². The van der Waals surface area contributed by atoms with Crippen LogP contribution < -0.4 is 4.31 Å². The second-order valence-corrected chi connectivity index (χ2v) is 7.26. The van der Waals surface area contributed by atoms with Crippen LogP contribution in [0.3, 0.4) is 0 Å². The van der Waals surface area contributed by atoms with Gasteiger partial charge in [-0.2, -0.15) is 12.7 Å². The molecule has 0 unspecified atom stereocenters. The zero-order valence-corrected chi connectivity index (χ0v) is 11.5. The topological polar surface area (TPSA) is 40.6 Å². The summed E-state index contributed by atoms with van der Waals surface area (Å²) in [6.07, 6.45) is 0. The van der Waals surface area contributed by atoms with E-state index in [0.717, 1.165) is 11.3 Å². The zero-order valence-electron chi connectivity index (χ0n) is 10.6. The third kappa shape index (κ3) is 1.83. The first-order valence-electron chi connectivity index (χ1n) is 5.56. The summed E-state index contributed by atoms with van der Waals surface area (Å²) in [5.74, 6) is 0. The predicted octanol–water partition coefficient (Wildman–Crippen LogP) is 1.59. The van der Waals surface area contributed by atoms with E-state index in [4.69, 9.17) is 0 Å². The maximum atomic E-state index is 12.2. The molecule has 0 saturated heterocycles. The lowest BCUT2D eigenvalue weighted by atomic mass is 9.87. The van der Waals surface area contributed by atoms with Gasteiger partial charge in [0.25, 0.3) is 0 Å². The maximum Gasteiger partial charge on any atom is 0.303 e. The minimum Gasteiger partial charge on any atom is -0.256 e. The minimum absolute atomic E-state index is 0.139. The largest absolute Gasteiger partial charge is 0.303 e. The summed E-state index contributed by atoms with van der Waals surface area (Å²) in [7, 11) is -0.277. The Hall–Kier alpha value is -1.07. The number of nitrogens with zero attached hydrogens (tertiary/aromatic N) is 2. The van der Waals surface area contributed by atoms with Crippen molar-refractivity contribution in [3.8, 4) is 0 Å². The van der Waals surface area contributed by atoms with Gasteiger partial charge in [-0.25, -0.2) is 0 Å². The van der Waals surface area contributed by atoms with Crippen LogP contribution in [-0.2, 0) is 15.6 Å². The van der Waals surface area contributed by atoms with Crippen LogP contribution in [0.15, 0.2) is 24.3 Å². The Bertz CT molecular complexity index is 535. The molecule has 0 saturated carbocycles. The predicted molar refractivity (Wildman–Crippen MR) is 69.4 cm³/mol. The molecule has 0 N–H and O–H groups in total. The molecule has 94 valence electrons. The highest BCUT2D eigenvalue weighted by molar-refractivity contribution is 7.90. The molecule has 1 aromatic rings. The monoisotopic (exact) mass is 254 g/mol. The Morgan fingerprint density at radius 2 is 1.82 bits per heavy atom. The second-order valence-electron chi connectivity index (χ2n) is 5.20. The summed E-state index contributed by atoms with van der Waals surface area (Å²) >= 11 is 0.